The summed E-state index contributed by atoms with van der Waals surface area (Å²) in [7, 11) is 0. The van der Waals surface area contributed by atoms with E-state index in [1.165, 1.54) is 0 Å². The number of nitrogens with zero attached hydrogens (tertiary/aromatic N) is 3. The summed E-state index contributed by atoms with van der Waals surface area (Å²) in [5.41, 5.74) is 0.982. The van der Waals surface area contributed by atoms with Gasteiger partial charge in [0.25, 0.3) is 0 Å². The van der Waals surface area contributed by atoms with Crippen molar-refractivity contribution in [1.29, 1.82) is 0 Å². The second-order valence-corrected chi connectivity index (χ2v) is 5.39. The van der Waals surface area contributed by atoms with Crippen molar-refractivity contribution < 1.29 is 4.79 Å². The number of benzene rings is 1. The first-order chi connectivity index (χ1) is 11.3. The van der Waals surface area contributed by atoms with Gasteiger partial charge in [-0.1, -0.05) is 30.3 Å². The molecule has 3 rings (SSSR count). The molecule has 0 aliphatic heterocycles. The molecule has 0 saturated carbocycles. The first-order valence-corrected chi connectivity index (χ1v) is 7.75. The van der Waals surface area contributed by atoms with E-state index in [9.17, 15) is 4.79 Å². The summed E-state index contributed by atoms with van der Waals surface area (Å²) in [5, 5.41) is 3.04. The van der Waals surface area contributed by atoms with E-state index in [0.717, 1.165) is 18.5 Å². The highest BCUT2D eigenvalue weighted by Crippen LogP contribution is 2.18. The second kappa shape index (κ2) is 7.45. The van der Waals surface area contributed by atoms with Crippen LogP contribution in [-0.4, -0.2) is 26.6 Å². The number of carbonyl (C=O) groups excluding carboxylic acids is 1. The predicted molar refractivity (Wildman–Crippen MR) is 88.9 cm³/mol. The lowest BCUT2D eigenvalue weighted by molar-refractivity contribution is -0.123. The number of imidazole rings is 1. The van der Waals surface area contributed by atoms with Gasteiger partial charge in [-0.05, 0) is 24.1 Å². The van der Waals surface area contributed by atoms with Crippen molar-refractivity contribution in [3.63, 3.8) is 0 Å². The second-order valence-electron chi connectivity index (χ2n) is 5.39. The monoisotopic (exact) mass is 308 g/mol. The molecule has 3 aromatic rings. The first-order valence-electron chi connectivity index (χ1n) is 7.75. The van der Waals surface area contributed by atoms with Gasteiger partial charge in [0.05, 0.1) is 6.33 Å². The number of carbonyl (C=O) groups is 1. The molecule has 0 bridgehead atoms. The summed E-state index contributed by atoms with van der Waals surface area (Å²) in [6, 6.07) is 13.4. The van der Waals surface area contributed by atoms with E-state index >= 15 is 0 Å². The molecule has 23 heavy (non-hydrogen) atoms. The van der Waals surface area contributed by atoms with Crippen molar-refractivity contribution in [3.8, 4) is 0 Å². The third kappa shape index (κ3) is 3.88. The Bertz CT molecular complexity index is 705. The van der Waals surface area contributed by atoms with Crippen LogP contribution in [0.25, 0.3) is 0 Å². The topological polar surface area (TPSA) is 51.9 Å². The summed E-state index contributed by atoms with van der Waals surface area (Å²) >= 11 is 0. The van der Waals surface area contributed by atoms with Gasteiger partial charge in [0.15, 0.2) is 0 Å². The quantitative estimate of drug-likeness (QED) is 0.682. The SMILES string of the molecule is O=C(NCCCn1ccnc1)C(c1ccccc1)n1cccc1. The Balaban J connectivity index is 1.62. The molecular weight excluding hydrogens is 288 g/mol. The van der Waals surface area contributed by atoms with Gasteiger partial charge in [0.2, 0.25) is 5.91 Å². The maximum absolute atomic E-state index is 12.7. The van der Waals surface area contributed by atoms with Crippen molar-refractivity contribution in [2.45, 2.75) is 19.0 Å². The average Bonchev–Trinajstić information content (AvgIpc) is 3.27. The molecule has 5 nitrogen and oxygen atoms in total. The molecule has 0 saturated heterocycles. The minimum Gasteiger partial charge on any atom is -0.354 e. The van der Waals surface area contributed by atoms with Crippen LogP contribution >= 0.6 is 0 Å². The molecule has 0 aliphatic rings. The molecule has 1 unspecified atom stereocenters. The number of hydrogen-bond acceptors (Lipinski definition) is 2. The zero-order valence-electron chi connectivity index (χ0n) is 12.9. The van der Waals surface area contributed by atoms with Gasteiger partial charge in [0.1, 0.15) is 6.04 Å². The van der Waals surface area contributed by atoms with Crippen molar-refractivity contribution >= 4 is 5.91 Å². The molecule has 0 spiro atoms. The molecule has 2 heterocycles. The fraction of sp³-hybridized carbons (Fsp3) is 0.222. The summed E-state index contributed by atoms with van der Waals surface area (Å²) in [5.74, 6) is 0.0121. The Morgan fingerprint density at radius 3 is 2.57 bits per heavy atom. The molecule has 2 aromatic heterocycles. The number of nitrogens with one attached hydrogen (secondary N) is 1. The van der Waals surface area contributed by atoms with E-state index in [0.29, 0.717) is 6.54 Å². The summed E-state index contributed by atoms with van der Waals surface area (Å²) in [6.45, 7) is 1.49. The summed E-state index contributed by atoms with van der Waals surface area (Å²) in [6.07, 6.45) is 10.2. The van der Waals surface area contributed by atoms with E-state index in [4.69, 9.17) is 0 Å². The zero-order valence-corrected chi connectivity index (χ0v) is 12.9. The maximum atomic E-state index is 12.7. The van der Waals surface area contributed by atoms with Crippen molar-refractivity contribution in [2.75, 3.05) is 6.54 Å². The van der Waals surface area contributed by atoms with Gasteiger partial charge < -0.3 is 14.5 Å². The van der Waals surface area contributed by atoms with Crippen molar-refractivity contribution in [1.82, 2.24) is 19.4 Å². The number of hydrogen-bond donors (Lipinski definition) is 1. The lowest BCUT2D eigenvalue weighted by Gasteiger charge is -2.19. The maximum Gasteiger partial charge on any atom is 0.247 e. The highest BCUT2D eigenvalue weighted by atomic mass is 16.2. The van der Waals surface area contributed by atoms with Gasteiger partial charge in [0, 0.05) is 37.9 Å². The highest BCUT2D eigenvalue weighted by molar-refractivity contribution is 5.83. The van der Waals surface area contributed by atoms with Crippen molar-refractivity contribution in [3.05, 3.63) is 79.1 Å². The number of aryl methyl sites for hydroxylation is 1. The fourth-order valence-electron chi connectivity index (χ4n) is 2.60. The van der Waals surface area contributed by atoms with Gasteiger partial charge in [-0.3, -0.25) is 4.79 Å². The third-order valence-corrected chi connectivity index (χ3v) is 3.74. The molecule has 1 N–H and O–H groups in total. The van der Waals surface area contributed by atoms with Gasteiger partial charge in [-0.25, -0.2) is 4.98 Å². The third-order valence-electron chi connectivity index (χ3n) is 3.74. The van der Waals surface area contributed by atoms with Crippen molar-refractivity contribution in [2.24, 2.45) is 0 Å². The van der Waals surface area contributed by atoms with Crippen LogP contribution in [0.4, 0.5) is 0 Å². The fourth-order valence-corrected chi connectivity index (χ4v) is 2.60. The van der Waals surface area contributed by atoms with Crippen LogP contribution in [0.5, 0.6) is 0 Å². The van der Waals surface area contributed by atoms with Gasteiger partial charge in [-0.15, -0.1) is 0 Å². The normalized spacial score (nSPS) is 12.0. The van der Waals surface area contributed by atoms with E-state index in [2.05, 4.69) is 10.3 Å². The Kier molecular flexibility index (Phi) is 4.88. The van der Waals surface area contributed by atoms with Crippen LogP contribution in [0, 0.1) is 0 Å². The van der Waals surface area contributed by atoms with Crippen LogP contribution < -0.4 is 5.32 Å². The largest absolute Gasteiger partial charge is 0.354 e. The lowest BCUT2D eigenvalue weighted by Crippen LogP contribution is -2.33. The molecule has 0 radical (unpaired) electrons. The minimum absolute atomic E-state index is 0.0121. The summed E-state index contributed by atoms with van der Waals surface area (Å²) < 4.78 is 3.94. The predicted octanol–water partition coefficient (Wildman–Crippen LogP) is 2.48. The minimum atomic E-state index is -0.334. The molecule has 1 atom stereocenters. The standard InChI is InChI=1S/C18H20N4O/c23-18(20-9-6-11-21-14-10-19-15-21)17(22-12-4-5-13-22)16-7-2-1-3-8-16/h1-5,7-8,10,12-15,17H,6,9,11H2,(H,20,23). The van der Waals surface area contributed by atoms with E-state index in [-0.39, 0.29) is 11.9 Å². The molecular formula is C18H20N4O. The molecule has 1 amide bonds. The smallest absolute Gasteiger partial charge is 0.247 e. The van der Waals surface area contributed by atoms with Crippen LogP contribution in [0.15, 0.2) is 73.6 Å². The highest BCUT2D eigenvalue weighted by Gasteiger charge is 2.20. The average molecular weight is 308 g/mol. The number of rotatable bonds is 7. The molecule has 0 fully saturated rings. The van der Waals surface area contributed by atoms with Crippen LogP contribution in [-0.2, 0) is 11.3 Å². The van der Waals surface area contributed by atoms with Gasteiger partial charge >= 0.3 is 0 Å². The Labute approximate surface area is 135 Å². The van der Waals surface area contributed by atoms with E-state index in [1.807, 2.05) is 70.2 Å². The molecule has 1 aromatic carbocycles. The Hall–Kier alpha value is -2.82. The first kappa shape index (κ1) is 15.1. The Morgan fingerprint density at radius 1 is 1.09 bits per heavy atom. The van der Waals surface area contributed by atoms with Crippen LogP contribution in [0.3, 0.4) is 0 Å². The molecule has 0 aliphatic carbocycles. The number of amides is 1. The van der Waals surface area contributed by atoms with Crippen LogP contribution in [0.2, 0.25) is 0 Å². The zero-order chi connectivity index (χ0) is 15.9. The molecule has 5 heteroatoms. The van der Waals surface area contributed by atoms with Gasteiger partial charge in [-0.2, -0.15) is 0 Å². The lowest BCUT2D eigenvalue weighted by atomic mass is 10.1. The van der Waals surface area contributed by atoms with Crippen LogP contribution in [0.1, 0.15) is 18.0 Å². The Morgan fingerprint density at radius 2 is 1.87 bits per heavy atom. The van der Waals surface area contributed by atoms with E-state index < -0.39 is 0 Å². The number of aromatic nitrogens is 3. The summed E-state index contributed by atoms with van der Waals surface area (Å²) in [4.78, 5) is 16.7. The van der Waals surface area contributed by atoms with E-state index in [1.54, 1.807) is 12.5 Å². The molecule has 118 valence electrons.